The normalized spacial score (nSPS) is 12.4. The molecule has 1 amide bonds. The van der Waals surface area contributed by atoms with E-state index in [1.54, 1.807) is 26.2 Å². The van der Waals surface area contributed by atoms with E-state index in [1.165, 1.54) is 12.1 Å². The lowest BCUT2D eigenvalue weighted by atomic mass is 10.1. The van der Waals surface area contributed by atoms with Crippen molar-refractivity contribution in [3.8, 4) is 16.9 Å². The van der Waals surface area contributed by atoms with Crippen molar-refractivity contribution in [2.75, 3.05) is 12.9 Å². The highest BCUT2D eigenvalue weighted by molar-refractivity contribution is 7.91. The van der Waals surface area contributed by atoms with Gasteiger partial charge in [-0.2, -0.15) is 0 Å². The molecule has 25 heavy (non-hydrogen) atoms. The highest BCUT2D eigenvalue weighted by Gasteiger charge is 2.23. The van der Waals surface area contributed by atoms with Crippen LogP contribution in [0.1, 0.15) is 13.3 Å². The number of hydrogen-bond donors (Lipinski definition) is 1. The van der Waals surface area contributed by atoms with Crippen LogP contribution in [-0.2, 0) is 14.6 Å². The van der Waals surface area contributed by atoms with Gasteiger partial charge in [0.2, 0.25) is 6.41 Å². The largest absolute Gasteiger partial charge is 0.497 e. The summed E-state index contributed by atoms with van der Waals surface area (Å²) in [6.07, 6.45) is 0.550. The molecular formula is C18H21NO5S. The summed E-state index contributed by atoms with van der Waals surface area (Å²) < 4.78 is 30.1. The Morgan fingerprint density at radius 2 is 1.60 bits per heavy atom. The number of hydrogen-bond acceptors (Lipinski definition) is 5. The van der Waals surface area contributed by atoms with Crippen LogP contribution < -0.4 is 4.74 Å². The van der Waals surface area contributed by atoms with Crippen LogP contribution in [0, 0.1) is 0 Å². The summed E-state index contributed by atoms with van der Waals surface area (Å²) in [4.78, 5) is 10.8. The molecule has 7 heteroatoms. The summed E-state index contributed by atoms with van der Waals surface area (Å²) in [6.45, 7) is 1.71. The summed E-state index contributed by atoms with van der Waals surface area (Å²) in [6, 6.07) is 13.2. The quantitative estimate of drug-likeness (QED) is 0.443. The number of nitrogens with zero attached hydrogens (tertiary/aromatic N) is 1. The van der Waals surface area contributed by atoms with Gasteiger partial charge in [-0.3, -0.25) is 10.0 Å². The molecule has 0 bridgehead atoms. The van der Waals surface area contributed by atoms with Crippen LogP contribution in [0.2, 0.25) is 0 Å². The molecule has 1 atom stereocenters. The van der Waals surface area contributed by atoms with Crippen molar-refractivity contribution in [1.82, 2.24) is 5.06 Å². The van der Waals surface area contributed by atoms with Crippen molar-refractivity contribution >= 4 is 16.2 Å². The van der Waals surface area contributed by atoms with Crippen LogP contribution in [-0.4, -0.2) is 44.0 Å². The Hall–Kier alpha value is -2.38. The minimum Gasteiger partial charge on any atom is -0.497 e. The van der Waals surface area contributed by atoms with Crippen LogP contribution in [0.15, 0.2) is 53.4 Å². The molecule has 1 N–H and O–H groups in total. The summed E-state index contributed by atoms with van der Waals surface area (Å²) in [5, 5.41) is 9.86. The van der Waals surface area contributed by atoms with Gasteiger partial charge in [0.05, 0.1) is 23.8 Å². The zero-order chi connectivity index (χ0) is 18.4. The Labute approximate surface area is 147 Å². The van der Waals surface area contributed by atoms with Gasteiger partial charge in [0.1, 0.15) is 5.75 Å². The van der Waals surface area contributed by atoms with Gasteiger partial charge in [-0.1, -0.05) is 31.2 Å². The summed E-state index contributed by atoms with van der Waals surface area (Å²) in [5.41, 5.74) is 1.82. The van der Waals surface area contributed by atoms with Crippen LogP contribution in [0.25, 0.3) is 11.1 Å². The topological polar surface area (TPSA) is 83.9 Å². The van der Waals surface area contributed by atoms with Gasteiger partial charge in [-0.15, -0.1) is 0 Å². The van der Waals surface area contributed by atoms with E-state index in [0.29, 0.717) is 11.5 Å². The summed E-state index contributed by atoms with van der Waals surface area (Å²) >= 11 is 0. The second-order valence-corrected chi connectivity index (χ2v) is 7.62. The first kappa shape index (κ1) is 19.0. The van der Waals surface area contributed by atoms with Gasteiger partial charge in [-0.05, 0) is 41.8 Å². The molecule has 0 unspecified atom stereocenters. The van der Waals surface area contributed by atoms with Gasteiger partial charge in [-0.25, -0.2) is 13.5 Å². The van der Waals surface area contributed by atoms with Crippen LogP contribution in [0.4, 0.5) is 0 Å². The summed E-state index contributed by atoms with van der Waals surface area (Å²) in [7, 11) is -2.02. The minimum atomic E-state index is -3.62. The Kier molecular flexibility index (Phi) is 6.17. The fraction of sp³-hybridized carbons (Fsp3) is 0.278. The Morgan fingerprint density at radius 1 is 1.08 bits per heavy atom. The third-order valence-electron chi connectivity index (χ3n) is 4.00. The van der Waals surface area contributed by atoms with Crippen molar-refractivity contribution in [2.24, 2.45) is 0 Å². The first-order chi connectivity index (χ1) is 11.9. The number of sulfone groups is 1. The molecule has 0 heterocycles. The average molecular weight is 363 g/mol. The van der Waals surface area contributed by atoms with Crippen LogP contribution in [0.3, 0.4) is 0 Å². The number of ether oxygens (including phenoxy) is 1. The van der Waals surface area contributed by atoms with Gasteiger partial charge >= 0.3 is 0 Å². The van der Waals surface area contributed by atoms with Crippen molar-refractivity contribution < 1.29 is 23.2 Å². The molecule has 0 spiro atoms. The molecule has 0 saturated carbocycles. The van der Waals surface area contributed by atoms with Crippen molar-refractivity contribution in [2.45, 2.75) is 24.3 Å². The molecule has 0 aliphatic heterocycles. The maximum absolute atomic E-state index is 12.5. The van der Waals surface area contributed by atoms with Crippen molar-refractivity contribution in [3.05, 3.63) is 48.5 Å². The highest BCUT2D eigenvalue weighted by Crippen LogP contribution is 2.24. The molecule has 0 fully saturated rings. The van der Waals surface area contributed by atoms with E-state index in [0.717, 1.165) is 16.9 Å². The predicted octanol–water partition coefficient (Wildman–Crippen LogP) is 2.76. The zero-order valence-corrected chi connectivity index (χ0v) is 14.9. The SMILES string of the molecule is CC[C@H](CS(=O)(=O)c1ccc(-c2ccc(OC)cc2)cc1)N(O)C=O. The molecule has 0 aromatic heterocycles. The number of rotatable bonds is 8. The number of carbonyl (C=O) groups is 1. The Bertz CT molecular complexity index is 800. The van der Waals surface area contributed by atoms with E-state index in [1.807, 2.05) is 24.3 Å². The maximum atomic E-state index is 12.5. The van der Waals surface area contributed by atoms with E-state index < -0.39 is 15.9 Å². The fourth-order valence-corrected chi connectivity index (χ4v) is 4.09. The van der Waals surface area contributed by atoms with Gasteiger partial charge in [0.15, 0.2) is 9.84 Å². The molecular weight excluding hydrogens is 342 g/mol. The number of hydroxylamine groups is 2. The lowest BCUT2D eigenvalue weighted by Crippen LogP contribution is -2.36. The smallest absolute Gasteiger partial charge is 0.233 e. The van der Waals surface area contributed by atoms with E-state index in [4.69, 9.17) is 4.74 Å². The number of amides is 1. The van der Waals surface area contributed by atoms with Crippen LogP contribution in [0.5, 0.6) is 5.75 Å². The molecule has 0 aliphatic rings. The zero-order valence-electron chi connectivity index (χ0n) is 14.1. The molecule has 6 nitrogen and oxygen atoms in total. The Morgan fingerprint density at radius 3 is 2.04 bits per heavy atom. The molecule has 0 aliphatic carbocycles. The first-order valence-electron chi connectivity index (χ1n) is 7.81. The number of methoxy groups -OCH3 is 1. The second-order valence-electron chi connectivity index (χ2n) is 5.58. The Balaban J connectivity index is 2.21. The van der Waals surface area contributed by atoms with Crippen molar-refractivity contribution in [1.29, 1.82) is 0 Å². The first-order valence-corrected chi connectivity index (χ1v) is 9.46. The van der Waals surface area contributed by atoms with E-state index in [9.17, 15) is 18.4 Å². The van der Waals surface area contributed by atoms with E-state index in [-0.39, 0.29) is 17.1 Å². The molecule has 134 valence electrons. The molecule has 2 rings (SSSR count). The van der Waals surface area contributed by atoms with Crippen LogP contribution >= 0.6 is 0 Å². The van der Waals surface area contributed by atoms with E-state index in [2.05, 4.69) is 0 Å². The van der Waals surface area contributed by atoms with Gasteiger partial charge in [0.25, 0.3) is 0 Å². The highest BCUT2D eigenvalue weighted by atomic mass is 32.2. The molecule has 2 aromatic rings. The van der Waals surface area contributed by atoms with Gasteiger partial charge < -0.3 is 4.74 Å². The minimum absolute atomic E-state index is 0.155. The third kappa shape index (κ3) is 4.58. The number of carbonyl (C=O) groups excluding carboxylic acids is 1. The second kappa shape index (κ2) is 8.13. The van der Waals surface area contributed by atoms with Gasteiger partial charge in [0, 0.05) is 0 Å². The maximum Gasteiger partial charge on any atom is 0.233 e. The molecule has 2 aromatic carbocycles. The van der Waals surface area contributed by atoms with Crippen molar-refractivity contribution in [3.63, 3.8) is 0 Å². The fourth-order valence-electron chi connectivity index (χ4n) is 2.46. The lowest BCUT2D eigenvalue weighted by Gasteiger charge is -2.20. The molecule has 0 saturated heterocycles. The summed E-state index contributed by atoms with van der Waals surface area (Å²) in [5.74, 6) is 0.415. The number of benzene rings is 2. The third-order valence-corrected chi connectivity index (χ3v) is 5.82. The standard InChI is InChI=1S/C18H21NO5S/c1-3-16(19(21)13-20)12-25(22,23)18-10-6-15(7-11-18)14-4-8-17(24-2)9-5-14/h4-11,13,16,21H,3,12H2,1-2H3/t16-/m1/s1. The molecule has 0 radical (unpaired) electrons. The average Bonchev–Trinajstić information content (AvgIpc) is 2.65. The lowest BCUT2D eigenvalue weighted by molar-refractivity contribution is -0.158. The monoisotopic (exact) mass is 363 g/mol. The predicted molar refractivity (Wildman–Crippen MR) is 94.3 cm³/mol. The van der Waals surface area contributed by atoms with E-state index >= 15 is 0 Å².